The molecule has 1 aliphatic heterocycles. The number of unbranched alkanes of at least 4 members (excludes halogenated alkanes) is 7. The van der Waals surface area contributed by atoms with Crippen LogP contribution in [-0.2, 0) is 28.5 Å². The van der Waals surface area contributed by atoms with Crippen molar-refractivity contribution in [1.29, 1.82) is 0 Å². The molecule has 0 aromatic carbocycles. The number of ether oxygens (including phenoxy) is 4. The van der Waals surface area contributed by atoms with E-state index >= 15 is 0 Å². The first-order chi connectivity index (χ1) is 13.1. The third kappa shape index (κ3) is 10.1. The van der Waals surface area contributed by atoms with E-state index in [1.165, 1.54) is 59.2 Å². The third-order valence-electron chi connectivity index (χ3n) is 5.11. The quantitative estimate of drug-likeness (QED) is 0.240. The summed E-state index contributed by atoms with van der Waals surface area (Å²) in [7, 11) is 2.55. The molecular formula is C21H38O6. The summed E-state index contributed by atoms with van der Waals surface area (Å²) in [5.74, 6) is -2.05. The van der Waals surface area contributed by atoms with E-state index in [4.69, 9.17) is 18.9 Å². The minimum absolute atomic E-state index is 0.0417. The molecule has 2 unspecified atom stereocenters. The van der Waals surface area contributed by atoms with Crippen LogP contribution in [0.15, 0.2) is 0 Å². The molecule has 0 saturated carbocycles. The average molecular weight is 387 g/mol. The van der Waals surface area contributed by atoms with Gasteiger partial charge in [-0.3, -0.25) is 9.59 Å². The van der Waals surface area contributed by atoms with Crippen LogP contribution in [0.25, 0.3) is 0 Å². The van der Waals surface area contributed by atoms with Crippen LogP contribution in [0.3, 0.4) is 0 Å². The number of hydrogen-bond acceptors (Lipinski definition) is 6. The van der Waals surface area contributed by atoms with Gasteiger partial charge in [-0.15, -0.1) is 0 Å². The largest absolute Gasteiger partial charge is 0.468 e. The molecule has 0 aliphatic carbocycles. The van der Waals surface area contributed by atoms with Crippen LogP contribution in [0.5, 0.6) is 0 Å². The molecule has 1 fully saturated rings. The lowest BCUT2D eigenvalue weighted by molar-refractivity contribution is -0.160. The van der Waals surface area contributed by atoms with Crippen LogP contribution >= 0.6 is 0 Å². The van der Waals surface area contributed by atoms with Crippen molar-refractivity contribution in [3.05, 3.63) is 0 Å². The van der Waals surface area contributed by atoms with Crippen molar-refractivity contribution < 1.29 is 28.5 Å². The summed E-state index contributed by atoms with van der Waals surface area (Å²) in [4.78, 5) is 23.5. The number of carbonyl (C=O) groups is 2. The van der Waals surface area contributed by atoms with Crippen molar-refractivity contribution in [2.45, 2.75) is 89.8 Å². The van der Waals surface area contributed by atoms with Gasteiger partial charge in [-0.2, -0.15) is 0 Å². The van der Waals surface area contributed by atoms with Crippen molar-refractivity contribution in [3.63, 3.8) is 0 Å². The first-order valence-electron chi connectivity index (χ1n) is 10.5. The summed E-state index contributed by atoms with van der Waals surface area (Å²) in [5.41, 5.74) is 0. The SMILES string of the molecule is CCCCCCCCCCOCC1CCC(CC(C(=O)OC)C(=O)OC)O1. The highest BCUT2D eigenvalue weighted by molar-refractivity contribution is 5.94. The smallest absolute Gasteiger partial charge is 0.320 e. The maximum absolute atomic E-state index is 11.7. The molecule has 158 valence electrons. The van der Waals surface area contributed by atoms with Gasteiger partial charge in [0.15, 0.2) is 5.92 Å². The highest BCUT2D eigenvalue weighted by atomic mass is 16.6. The Kier molecular flexibility index (Phi) is 13.2. The van der Waals surface area contributed by atoms with Gasteiger partial charge in [0, 0.05) is 6.61 Å². The maximum atomic E-state index is 11.7. The molecule has 0 aromatic heterocycles. The molecule has 0 amide bonds. The highest BCUT2D eigenvalue weighted by Gasteiger charge is 2.35. The molecule has 6 nitrogen and oxygen atoms in total. The van der Waals surface area contributed by atoms with Gasteiger partial charge in [0.1, 0.15) is 0 Å². The number of esters is 2. The second-order valence-electron chi connectivity index (χ2n) is 7.34. The van der Waals surface area contributed by atoms with Crippen LogP contribution < -0.4 is 0 Å². The minimum atomic E-state index is -0.915. The second kappa shape index (κ2) is 14.9. The lowest BCUT2D eigenvalue weighted by atomic mass is 10.00. The first-order valence-corrected chi connectivity index (χ1v) is 10.5. The molecule has 1 heterocycles. The van der Waals surface area contributed by atoms with Crippen LogP contribution in [0.1, 0.15) is 77.6 Å². The molecule has 2 atom stereocenters. The van der Waals surface area contributed by atoms with E-state index in [2.05, 4.69) is 6.92 Å². The zero-order chi connectivity index (χ0) is 19.9. The van der Waals surface area contributed by atoms with Gasteiger partial charge < -0.3 is 18.9 Å². The van der Waals surface area contributed by atoms with Gasteiger partial charge in [-0.05, 0) is 25.7 Å². The van der Waals surface area contributed by atoms with Gasteiger partial charge in [0.2, 0.25) is 0 Å². The second-order valence-corrected chi connectivity index (χ2v) is 7.34. The number of hydrogen-bond donors (Lipinski definition) is 0. The van der Waals surface area contributed by atoms with Crippen molar-refractivity contribution in [1.82, 2.24) is 0 Å². The Morgan fingerprint density at radius 1 is 0.889 bits per heavy atom. The Balaban J connectivity index is 2.10. The lowest BCUT2D eigenvalue weighted by Gasteiger charge is -2.18. The predicted molar refractivity (Wildman–Crippen MR) is 103 cm³/mol. The summed E-state index contributed by atoms with van der Waals surface area (Å²) in [6, 6.07) is 0. The van der Waals surface area contributed by atoms with Gasteiger partial charge in [-0.1, -0.05) is 51.9 Å². The number of carbonyl (C=O) groups excluding carboxylic acids is 2. The third-order valence-corrected chi connectivity index (χ3v) is 5.11. The van der Waals surface area contributed by atoms with E-state index in [1.54, 1.807) is 0 Å². The predicted octanol–water partition coefficient (Wildman–Crippen LogP) is 4.04. The van der Waals surface area contributed by atoms with Gasteiger partial charge in [0.25, 0.3) is 0 Å². The van der Waals surface area contributed by atoms with Crippen molar-refractivity contribution >= 4 is 11.9 Å². The zero-order valence-corrected chi connectivity index (χ0v) is 17.4. The lowest BCUT2D eigenvalue weighted by Crippen LogP contribution is -2.30. The zero-order valence-electron chi connectivity index (χ0n) is 17.4. The Bertz CT molecular complexity index is 395. The summed E-state index contributed by atoms with van der Waals surface area (Å²) in [6.45, 7) is 3.59. The maximum Gasteiger partial charge on any atom is 0.320 e. The van der Waals surface area contributed by atoms with Gasteiger partial charge >= 0.3 is 11.9 Å². The number of methoxy groups -OCH3 is 2. The van der Waals surface area contributed by atoms with E-state index in [0.29, 0.717) is 13.0 Å². The Hall–Kier alpha value is -1.14. The highest BCUT2D eigenvalue weighted by Crippen LogP contribution is 2.26. The van der Waals surface area contributed by atoms with E-state index in [1.807, 2.05) is 0 Å². The van der Waals surface area contributed by atoms with Gasteiger partial charge in [0.05, 0.1) is 33.0 Å². The minimum Gasteiger partial charge on any atom is -0.468 e. The molecule has 0 spiro atoms. The molecular weight excluding hydrogens is 348 g/mol. The first kappa shape index (κ1) is 23.9. The van der Waals surface area contributed by atoms with E-state index in [9.17, 15) is 9.59 Å². The fourth-order valence-electron chi connectivity index (χ4n) is 3.46. The fourth-order valence-corrected chi connectivity index (χ4v) is 3.46. The Labute approximate surface area is 164 Å². The molecule has 0 aromatic rings. The fraction of sp³-hybridized carbons (Fsp3) is 0.905. The molecule has 27 heavy (non-hydrogen) atoms. The molecule has 1 saturated heterocycles. The summed E-state index contributed by atoms with van der Waals surface area (Å²) in [6.07, 6.45) is 12.2. The van der Waals surface area contributed by atoms with Crippen molar-refractivity contribution in [2.75, 3.05) is 27.4 Å². The molecule has 1 aliphatic rings. The van der Waals surface area contributed by atoms with Crippen LogP contribution in [-0.4, -0.2) is 51.6 Å². The van der Waals surface area contributed by atoms with Crippen LogP contribution in [0.2, 0.25) is 0 Å². The van der Waals surface area contributed by atoms with E-state index < -0.39 is 17.9 Å². The summed E-state index contributed by atoms with van der Waals surface area (Å²) < 4.78 is 21.1. The monoisotopic (exact) mass is 386 g/mol. The van der Waals surface area contributed by atoms with E-state index in [-0.39, 0.29) is 12.2 Å². The topological polar surface area (TPSA) is 71.1 Å². The summed E-state index contributed by atoms with van der Waals surface area (Å²) in [5, 5.41) is 0. The normalized spacial score (nSPS) is 19.4. The standard InChI is InChI=1S/C21H38O6/c1-4-5-6-7-8-9-10-11-14-26-16-18-13-12-17(27-18)15-19(20(22)24-2)21(23)25-3/h17-19H,4-16H2,1-3H3. The average Bonchev–Trinajstić information content (AvgIpc) is 3.13. The van der Waals surface area contributed by atoms with Crippen LogP contribution in [0, 0.1) is 5.92 Å². The Morgan fingerprint density at radius 3 is 2.04 bits per heavy atom. The van der Waals surface area contributed by atoms with Crippen molar-refractivity contribution in [3.8, 4) is 0 Å². The molecule has 1 rings (SSSR count). The molecule has 0 radical (unpaired) electrons. The molecule has 0 bridgehead atoms. The summed E-state index contributed by atoms with van der Waals surface area (Å²) >= 11 is 0. The van der Waals surface area contributed by atoms with Crippen molar-refractivity contribution in [2.24, 2.45) is 5.92 Å². The van der Waals surface area contributed by atoms with E-state index in [0.717, 1.165) is 25.9 Å². The Morgan fingerprint density at radius 2 is 1.44 bits per heavy atom. The van der Waals surface area contributed by atoms with Gasteiger partial charge in [-0.25, -0.2) is 0 Å². The number of rotatable bonds is 15. The molecule has 0 N–H and O–H groups in total. The molecule has 6 heteroatoms. The van der Waals surface area contributed by atoms with Crippen LogP contribution in [0.4, 0.5) is 0 Å².